The molecule has 2 N–H and O–H groups in total. The molecule has 0 saturated heterocycles. The number of carbonyl (C=O) groups excluding carboxylic acids is 1. The number of pyridine rings is 1. The summed E-state index contributed by atoms with van der Waals surface area (Å²) in [7, 11) is 0. The maximum absolute atomic E-state index is 12.5. The molecule has 0 bridgehead atoms. The highest BCUT2D eigenvalue weighted by atomic mass is 35.5. The number of aromatic nitrogens is 3. The van der Waals surface area contributed by atoms with E-state index in [4.69, 9.17) is 11.6 Å². The lowest BCUT2D eigenvalue weighted by molar-refractivity contribution is -0.114. The van der Waals surface area contributed by atoms with E-state index in [0.717, 1.165) is 22.0 Å². The Balaban J connectivity index is 1.58. The Kier molecular flexibility index (Phi) is 5.35. The van der Waals surface area contributed by atoms with E-state index in [0.29, 0.717) is 22.4 Å². The van der Waals surface area contributed by atoms with Gasteiger partial charge in [-0.3, -0.25) is 9.78 Å². The first-order chi connectivity index (χ1) is 14.1. The topological polar surface area (TPSA) is 79.8 Å². The standard InChI is InChI=1S/C22H18ClN5O/c1-14-17(23)8-4-10-18(14)26-20(29)13-25-22-16-7-2-3-9-19(16)27-21(28-22)15-6-5-11-24-12-15/h2-12H,13H2,1H3,(H,26,29)(H,25,27,28). The first-order valence-corrected chi connectivity index (χ1v) is 9.45. The predicted molar refractivity (Wildman–Crippen MR) is 116 cm³/mol. The van der Waals surface area contributed by atoms with E-state index >= 15 is 0 Å². The van der Waals surface area contributed by atoms with Crippen molar-refractivity contribution in [2.45, 2.75) is 6.92 Å². The molecule has 2 heterocycles. The maximum Gasteiger partial charge on any atom is 0.243 e. The van der Waals surface area contributed by atoms with Crippen molar-refractivity contribution in [3.05, 3.63) is 77.6 Å². The van der Waals surface area contributed by atoms with Gasteiger partial charge in [0.1, 0.15) is 5.82 Å². The van der Waals surface area contributed by atoms with Crippen LogP contribution in [0.1, 0.15) is 5.56 Å². The number of hydrogen-bond donors (Lipinski definition) is 2. The molecule has 2 aromatic heterocycles. The molecular formula is C22H18ClN5O. The van der Waals surface area contributed by atoms with E-state index in [9.17, 15) is 4.79 Å². The van der Waals surface area contributed by atoms with Crippen molar-refractivity contribution in [3.63, 3.8) is 0 Å². The highest BCUT2D eigenvalue weighted by Crippen LogP contribution is 2.25. The number of rotatable bonds is 5. The van der Waals surface area contributed by atoms with Gasteiger partial charge in [0.25, 0.3) is 0 Å². The Hall–Kier alpha value is -3.51. The summed E-state index contributed by atoms with van der Waals surface area (Å²) in [6.45, 7) is 1.92. The number of nitrogens with zero attached hydrogens (tertiary/aromatic N) is 3. The third-order valence-corrected chi connectivity index (χ3v) is 4.89. The third-order valence-electron chi connectivity index (χ3n) is 4.48. The van der Waals surface area contributed by atoms with Crippen LogP contribution in [0.5, 0.6) is 0 Å². The summed E-state index contributed by atoms with van der Waals surface area (Å²) in [6.07, 6.45) is 3.41. The van der Waals surface area contributed by atoms with Gasteiger partial charge in [0.05, 0.1) is 12.1 Å². The van der Waals surface area contributed by atoms with Crippen LogP contribution in [0.25, 0.3) is 22.3 Å². The molecule has 4 rings (SSSR count). The van der Waals surface area contributed by atoms with Gasteiger partial charge < -0.3 is 10.6 Å². The molecule has 0 spiro atoms. The second-order valence-electron chi connectivity index (χ2n) is 6.47. The Morgan fingerprint density at radius 2 is 1.90 bits per heavy atom. The third kappa shape index (κ3) is 4.17. The molecule has 0 aliphatic rings. The molecule has 0 unspecified atom stereocenters. The average Bonchev–Trinajstić information content (AvgIpc) is 2.75. The lowest BCUT2D eigenvalue weighted by Gasteiger charge is -2.12. The van der Waals surface area contributed by atoms with Gasteiger partial charge in [-0.25, -0.2) is 9.97 Å². The highest BCUT2D eigenvalue weighted by Gasteiger charge is 2.11. The van der Waals surface area contributed by atoms with Crippen LogP contribution in [0.15, 0.2) is 67.0 Å². The van der Waals surface area contributed by atoms with Crippen LogP contribution in [-0.2, 0) is 4.79 Å². The Morgan fingerprint density at radius 1 is 1.03 bits per heavy atom. The minimum absolute atomic E-state index is 0.0550. The minimum atomic E-state index is -0.194. The van der Waals surface area contributed by atoms with Gasteiger partial charge in [-0.2, -0.15) is 0 Å². The number of nitrogens with one attached hydrogen (secondary N) is 2. The Bertz CT molecular complexity index is 1180. The van der Waals surface area contributed by atoms with Crippen LogP contribution in [-0.4, -0.2) is 27.4 Å². The van der Waals surface area contributed by atoms with Crippen LogP contribution >= 0.6 is 11.6 Å². The minimum Gasteiger partial charge on any atom is -0.360 e. The molecule has 1 amide bonds. The van der Waals surface area contributed by atoms with Crippen molar-refractivity contribution in [2.75, 3.05) is 17.2 Å². The summed E-state index contributed by atoms with van der Waals surface area (Å²) in [5.41, 5.74) is 3.11. The number of benzene rings is 2. The van der Waals surface area contributed by atoms with Crippen molar-refractivity contribution in [3.8, 4) is 11.4 Å². The van der Waals surface area contributed by atoms with Crippen molar-refractivity contribution in [1.29, 1.82) is 0 Å². The molecule has 2 aromatic carbocycles. The molecule has 0 saturated carbocycles. The van der Waals surface area contributed by atoms with Crippen LogP contribution in [0.3, 0.4) is 0 Å². The van der Waals surface area contributed by atoms with E-state index in [2.05, 4.69) is 25.6 Å². The summed E-state index contributed by atoms with van der Waals surface area (Å²) in [6, 6.07) is 16.8. The summed E-state index contributed by atoms with van der Waals surface area (Å²) in [5.74, 6) is 0.943. The monoisotopic (exact) mass is 403 g/mol. The van der Waals surface area contributed by atoms with Gasteiger partial charge in [-0.05, 0) is 48.9 Å². The highest BCUT2D eigenvalue weighted by molar-refractivity contribution is 6.31. The fourth-order valence-corrected chi connectivity index (χ4v) is 3.11. The number of carbonyl (C=O) groups is 1. The summed E-state index contributed by atoms with van der Waals surface area (Å²) < 4.78 is 0. The molecule has 0 aliphatic heterocycles. The van der Waals surface area contributed by atoms with Gasteiger partial charge in [0, 0.05) is 34.1 Å². The van der Waals surface area contributed by atoms with E-state index in [1.165, 1.54) is 0 Å². The van der Waals surface area contributed by atoms with E-state index in [1.807, 2.05) is 49.4 Å². The van der Waals surface area contributed by atoms with E-state index in [-0.39, 0.29) is 12.5 Å². The number of anilines is 2. The zero-order valence-corrected chi connectivity index (χ0v) is 16.4. The van der Waals surface area contributed by atoms with Crippen LogP contribution in [0, 0.1) is 6.92 Å². The molecular weight excluding hydrogens is 386 g/mol. The molecule has 144 valence electrons. The first kappa shape index (κ1) is 18.8. The number of halogens is 1. The van der Waals surface area contributed by atoms with Crippen molar-refractivity contribution in [1.82, 2.24) is 15.0 Å². The Morgan fingerprint density at radius 3 is 2.72 bits per heavy atom. The van der Waals surface area contributed by atoms with Gasteiger partial charge in [0.15, 0.2) is 5.82 Å². The molecule has 6 nitrogen and oxygen atoms in total. The molecule has 4 aromatic rings. The summed E-state index contributed by atoms with van der Waals surface area (Å²) in [4.78, 5) is 25.8. The quantitative estimate of drug-likeness (QED) is 0.504. The molecule has 7 heteroatoms. The number of hydrogen-bond acceptors (Lipinski definition) is 5. The zero-order valence-electron chi connectivity index (χ0n) is 15.7. The molecule has 0 fully saturated rings. The maximum atomic E-state index is 12.5. The molecule has 29 heavy (non-hydrogen) atoms. The van der Waals surface area contributed by atoms with Crippen LogP contribution in [0.4, 0.5) is 11.5 Å². The first-order valence-electron chi connectivity index (χ1n) is 9.08. The molecule has 0 atom stereocenters. The van der Waals surface area contributed by atoms with Crippen LogP contribution < -0.4 is 10.6 Å². The summed E-state index contributed by atoms with van der Waals surface area (Å²) in [5, 5.41) is 7.46. The lowest BCUT2D eigenvalue weighted by Crippen LogP contribution is -2.22. The Labute approximate surface area is 173 Å². The van der Waals surface area contributed by atoms with E-state index < -0.39 is 0 Å². The van der Waals surface area contributed by atoms with Gasteiger partial charge in [-0.15, -0.1) is 0 Å². The molecule has 0 radical (unpaired) electrons. The number of fused-ring (bicyclic) bond motifs is 1. The van der Waals surface area contributed by atoms with Gasteiger partial charge in [0.2, 0.25) is 5.91 Å². The van der Waals surface area contributed by atoms with E-state index in [1.54, 1.807) is 24.5 Å². The SMILES string of the molecule is Cc1c(Cl)cccc1NC(=O)CNc1nc(-c2cccnc2)nc2ccccc12. The largest absolute Gasteiger partial charge is 0.360 e. The zero-order chi connectivity index (χ0) is 20.2. The normalized spacial score (nSPS) is 10.7. The van der Waals surface area contributed by atoms with Crippen molar-refractivity contribution in [2.24, 2.45) is 0 Å². The molecule has 0 aliphatic carbocycles. The van der Waals surface area contributed by atoms with Crippen LogP contribution in [0.2, 0.25) is 5.02 Å². The van der Waals surface area contributed by atoms with Gasteiger partial charge in [-0.1, -0.05) is 29.8 Å². The van der Waals surface area contributed by atoms with Crippen molar-refractivity contribution < 1.29 is 4.79 Å². The summed E-state index contributed by atoms with van der Waals surface area (Å²) >= 11 is 6.12. The predicted octanol–water partition coefficient (Wildman–Crippen LogP) is 4.70. The lowest BCUT2D eigenvalue weighted by atomic mass is 10.2. The fraction of sp³-hybridized carbons (Fsp3) is 0.0909. The van der Waals surface area contributed by atoms with Gasteiger partial charge >= 0.3 is 0 Å². The average molecular weight is 404 g/mol. The second kappa shape index (κ2) is 8.24. The number of para-hydroxylation sites is 1. The second-order valence-corrected chi connectivity index (χ2v) is 6.88. The fourth-order valence-electron chi connectivity index (χ4n) is 2.94. The van der Waals surface area contributed by atoms with Crippen molar-refractivity contribution >= 4 is 39.9 Å². The smallest absolute Gasteiger partial charge is 0.243 e. The number of amides is 1.